The molecule has 1 heterocycles. The summed E-state index contributed by atoms with van der Waals surface area (Å²) < 4.78 is 1.58. The van der Waals surface area contributed by atoms with E-state index in [1.165, 1.54) is 0 Å². The molecule has 1 N–H and O–H groups in total. The third kappa shape index (κ3) is 0.956. The van der Waals surface area contributed by atoms with Crippen molar-refractivity contribution in [1.82, 2.24) is 9.55 Å². The van der Waals surface area contributed by atoms with E-state index in [2.05, 4.69) is 17.6 Å². The van der Waals surface area contributed by atoms with Gasteiger partial charge in [-0.25, -0.2) is 4.79 Å². The van der Waals surface area contributed by atoms with Gasteiger partial charge in [-0.3, -0.25) is 4.57 Å². The summed E-state index contributed by atoms with van der Waals surface area (Å²) in [5.74, 6) is 0.406. The maximum atomic E-state index is 11.2. The van der Waals surface area contributed by atoms with Gasteiger partial charge < -0.3 is 4.98 Å². The number of thiol groups is 1. The maximum Gasteiger partial charge on any atom is 0.327 e. The van der Waals surface area contributed by atoms with Gasteiger partial charge >= 0.3 is 5.69 Å². The normalized spacial score (nSPS) is 10.8. The SMILES string of the molecule is O=c1[nH]c2ccccc2n1CS. The zero-order chi connectivity index (χ0) is 8.55. The Hall–Kier alpha value is -1.16. The van der Waals surface area contributed by atoms with Gasteiger partial charge in [-0.2, -0.15) is 12.6 Å². The van der Waals surface area contributed by atoms with Crippen LogP contribution in [0.4, 0.5) is 0 Å². The van der Waals surface area contributed by atoms with Gasteiger partial charge in [-0.05, 0) is 12.1 Å². The predicted octanol–water partition coefficient (Wildman–Crippen LogP) is 1.22. The van der Waals surface area contributed by atoms with Crippen molar-refractivity contribution in [3.05, 3.63) is 34.7 Å². The first-order valence-electron chi connectivity index (χ1n) is 3.61. The lowest BCUT2D eigenvalue weighted by Crippen LogP contribution is -2.14. The van der Waals surface area contributed by atoms with E-state index >= 15 is 0 Å². The number of aromatic nitrogens is 2. The van der Waals surface area contributed by atoms with Crippen LogP contribution in [0, 0.1) is 0 Å². The fraction of sp³-hybridized carbons (Fsp3) is 0.125. The summed E-state index contributed by atoms with van der Waals surface area (Å²) in [4.78, 5) is 14.0. The minimum atomic E-state index is -0.105. The Labute approximate surface area is 74.4 Å². The Morgan fingerprint density at radius 3 is 2.92 bits per heavy atom. The zero-order valence-corrected chi connectivity index (χ0v) is 7.21. The van der Waals surface area contributed by atoms with Crippen molar-refractivity contribution in [3.63, 3.8) is 0 Å². The third-order valence-corrected chi connectivity index (χ3v) is 2.11. The highest BCUT2D eigenvalue weighted by Crippen LogP contribution is 2.08. The van der Waals surface area contributed by atoms with Crippen LogP contribution in [-0.4, -0.2) is 9.55 Å². The summed E-state index contributed by atoms with van der Waals surface area (Å²) in [7, 11) is 0. The van der Waals surface area contributed by atoms with E-state index in [0.717, 1.165) is 11.0 Å². The van der Waals surface area contributed by atoms with E-state index in [4.69, 9.17) is 0 Å². The summed E-state index contributed by atoms with van der Waals surface area (Å²) in [5, 5.41) is 0. The third-order valence-electron chi connectivity index (χ3n) is 1.82. The summed E-state index contributed by atoms with van der Waals surface area (Å²) in [6.45, 7) is 0. The summed E-state index contributed by atoms with van der Waals surface area (Å²) in [6.07, 6.45) is 0. The van der Waals surface area contributed by atoms with E-state index < -0.39 is 0 Å². The molecule has 3 nitrogen and oxygen atoms in total. The number of H-pyrrole nitrogens is 1. The molecule has 12 heavy (non-hydrogen) atoms. The van der Waals surface area contributed by atoms with Crippen molar-refractivity contribution in [2.75, 3.05) is 0 Å². The van der Waals surface area contributed by atoms with Gasteiger partial charge in [0.15, 0.2) is 0 Å². The highest BCUT2D eigenvalue weighted by atomic mass is 32.1. The van der Waals surface area contributed by atoms with Crippen LogP contribution in [0.15, 0.2) is 29.1 Å². The average Bonchev–Trinajstić information content (AvgIpc) is 2.40. The molecule has 2 aromatic rings. The number of nitrogens with zero attached hydrogens (tertiary/aromatic N) is 1. The van der Waals surface area contributed by atoms with Gasteiger partial charge in [0.2, 0.25) is 0 Å². The minimum absolute atomic E-state index is 0.105. The van der Waals surface area contributed by atoms with Crippen LogP contribution in [0.3, 0.4) is 0 Å². The van der Waals surface area contributed by atoms with Crippen molar-refractivity contribution in [1.29, 1.82) is 0 Å². The Morgan fingerprint density at radius 1 is 1.42 bits per heavy atom. The minimum Gasteiger partial charge on any atom is -0.306 e. The van der Waals surface area contributed by atoms with Crippen LogP contribution in [0.2, 0.25) is 0 Å². The lowest BCUT2D eigenvalue weighted by Gasteiger charge is -1.94. The number of para-hydroxylation sites is 2. The summed E-state index contributed by atoms with van der Waals surface area (Å²) in [5.41, 5.74) is 1.65. The second kappa shape index (κ2) is 2.71. The van der Waals surface area contributed by atoms with Gasteiger partial charge in [0.25, 0.3) is 0 Å². The van der Waals surface area contributed by atoms with Gasteiger partial charge in [-0.1, -0.05) is 12.1 Å². The summed E-state index contributed by atoms with van der Waals surface area (Å²) >= 11 is 4.06. The number of hydrogen-bond acceptors (Lipinski definition) is 2. The van der Waals surface area contributed by atoms with Crippen LogP contribution in [0.1, 0.15) is 0 Å². The van der Waals surface area contributed by atoms with E-state index in [0.29, 0.717) is 5.88 Å². The van der Waals surface area contributed by atoms with Crippen LogP contribution >= 0.6 is 12.6 Å². The van der Waals surface area contributed by atoms with Crippen molar-refractivity contribution >= 4 is 23.7 Å². The molecule has 0 aliphatic rings. The molecule has 1 aromatic heterocycles. The molecular formula is C8H8N2OS. The first-order valence-corrected chi connectivity index (χ1v) is 4.24. The largest absolute Gasteiger partial charge is 0.327 e. The number of rotatable bonds is 1. The molecule has 62 valence electrons. The molecule has 0 aliphatic heterocycles. The molecule has 4 heteroatoms. The first-order chi connectivity index (χ1) is 5.83. The molecular weight excluding hydrogens is 172 g/mol. The number of imidazole rings is 1. The molecule has 1 aromatic carbocycles. The van der Waals surface area contributed by atoms with Crippen LogP contribution in [-0.2, 0) is 5.88 Å². The molecule has 0 atom stereocenters. The van der Waals surface area contributed by atoms with Crippen LogP contribution in [0.5, 0.6) is 0 Å². The van der Waals surface area contributed by atoms with E-state index in [1.54, 1.807) is 4.57 Å². The van der Waals surface area contributed by atoms with Crippen molar-refractivity contribution < 1.29 is 0 Å². The molecule has 0 fully saturated rings. The highest BCUT2D eigenvalue weighted by Gasteiger charge is 2.01. The van der Waals surface area contributed by atoms with E-state index in [1.807, 2.05) is 24.3 Å². The number of benzene rings is 1. The fourth-order valence-electron chi connectivity index (χ4n) is 1.25. The van der Waals surface area contributed by atoms with Crippen molar-refractivity contribution in [3.8, 4) is 0 Å². The van der Waals surface area contributed by atoms with E-state index in [-0.39, 0.29) is 5.69 Å². The van der Waals surface area contributed by atoms with E-state index in [9.17, 15) is 4.79 Å². The lowest BCUT2D eigenvalue weighted by molar-refractivity contribution is 0.875. The second-order valence-corrected chi connectivity index (χ2v) is 2.80. The van der Waals surface area contributed by atoms with Gasteiger partial charge in [0, 0.05) is 0 Å². The molecule has 0 unspecified atom stereocenters. The highest BCUT2D eigenvalue weighted by molar-refractivity contribution is 7.79. The predicted molar refractivity (Wildman–Crippen MR) is 51.5 cm³/mol. The van der Waals surface area contributed by atoms with Crippen LogP contribution in [0.25, 0.3) is 11.0 Å². The lowest BCUT2D eigenvalue weighted by atomic mass is 10.3. The molecule has 0 spiro atoms. The molecule has 0 radical (unpaired) electrons. The number of aromatic amines is 1. The fourth-order valence-corrected chi connectivity index (χ4v) is 1.53. The number of hydrogen-bond donors (Lipinski definition) is 2. The molecule has 0 saturated heterocycles. The van der Waals surface area contributed by atoms with Gasteiger partial charge in [0.05, 0.1) is 16.9 Å². The van der Waals surface area contributed by atoms with Gasteiger partial charge in [0.1, 0.15) is 0 Å². The topological polar surface area (TPSA) is 37.8 Å². The quantitative estimate of drug-likeness (QED) is 0.636. The van der Waals surface area contributed by atoms with Crippen LogP contribution < -0.4 is 5.69 Å². The average molecular weight is 180 g/mol. The van der Waals surface area contributed by atoms with Crippen molar-refractivity contribution in [2.24, 2.45) is 0 Å². The first kappa shape index (κ1) is 7.49. The molecule has 2 rings (SSSR count). The molecule has 0 amide bonds. The Kier molecular flexibility index (Phi) is 1.69. The Bertz CT molecular complexity index is 457. The smallest absolute Gasteiger partial charge is 0.306 e. The van der Waals surface area contributed by atoms with Gasteiger partial charge in [-0.15, -0.1) is 0 Å². The Morgan fingerprint density at radius 2 is 2.17 bits per heavy atom. The monoisotopic (exact) mass is 180 g/mol. The Balaban J connectivity index is 2.91. The number of nitrogens with one attached hydrogen (secondary N) is 1. The summed E-state index contributed by atoms with van der Waals surface area (Å²) in [6, 6.07) is 7.55. The second-order valence-electron chi connectivity index (χ2n) is 2.52. The molecule has 0 saturated carbocycles. The number of fused-ring (bicyclic) bond motifs is 1. The van der Waals surface area contributed by atoms with Crippen molar-refractivity contribution in [2.45, 2.75) is 5.88 Å². The maximum absolute atomic E-state index is 11.2. The molecule has 0 bridgehead atoms. The zero-order valence-electron chi connectivity index (χ0n) is 6.32. The standard InChI is InChI=1S/C8H8N2OS/c11-8-9-6-3-1-2-4-7(6)10(8)5-12/h1-4,12H,5H2,(H,9,11). The molecule has 0 aliphatic carbocycles.